The first-order valence-electron chi connectivity index (χ1n) is 14.4. The molecular formula is C34H42O2. The van der Waals surface area contributed by atoms with E-state index >= 15 is 0 Å². The minimum Gasteiger partial charge on any atom is -0.393 e. The molecule has 0 radical (unpaired) electrons. The number of benzene rings is 2. The van der Waals surface area contributed by atoms with E-state index in [4.69, 9.17) is 0 Å². The lowest BCUT2D eigenvalue weighted by molar-refractivity contribution is -0.129. The second-order valence-corrected chi connectivity index (χ2v) is 12.9. The highest BCUT2D eigenvalue weighted by molar-refractivity contribution is 5.82. The van der Waals surface area contributed by atoms with Gasteiger partial charge in [-0.1, -0.05) is 80.1 Å². The first-order valence-corrected chi connectivity index (χ1v) is 14.4. The number of ketones is 1. The molecule has 3 fully saturated rings. The van der Waals surface area contributed by atoms with E-state index in [1.54, 1.807) is 0 Å². The molecule has 6 rings (SSSR count). The summed E-state index contributed by atoms with van der Waals surface area (Å²) < 4.78 is 0. The van der Waals surface area contributed by atoms with Crippen molar-refractivity contribution in [1.29, 1.82) is 0 Å². The van der Waals surface area contributed by atoms with Crippen LogP contribution in [-0.4, -0.2) is 17.0 Å². The summed E-state index contributed by atoms with van der Waals surface area (Å²) in [6.07, 6.45) is 12.8. The molecule has 4 aliphatic carbocycles. The second kappa shape index (κ2) is 9.28. The summed E-state index contributed by atoms with van der Waals surface area (Å²) in [6, 6.07) is 19.3. The molecule has 0 amide bonds. The van der Waals surface area contributed by atoms with E-state index in [1.165, 1.54) is 41.5 Å². The van der Waals surface area contributed by atoms with Gasteiger partial charge in [0, 0.05) is 12.3 Å². The van der Waals surface area contributed by atoms with Gasteiger partial charge in [0.05, 0.1) is 6.10 Å². The van der Waals surface area contributed by atoms with Gasteiger partial charge in [-0.25, -0.2) is 0 Å². The van der Waals surface area contributed by atoms with E-state index in [9.17, 15) is 9.90 Å². The predicted octanol–water partition coefficient (Wildman–Crippen LogP) is 7.80. The fourth-order valence-corrected chi connectivity index (χ4v) is 9.11. The van der Waals surface area contributed by atoms with Gasteiger partial charge in [0.25, 0.3) is 0 Å². The Morgan fingerprint density at radius 2 is 1.64 bits per heavy atom. The Kier molecular flexibility index (Phi) is 6.23. The van der Waals surface area contributed by atoms with E-state index < -0.39 is 0 Å². The number of aryl methyl sites for hydroxylation is 1. The number of fused-ring (bicyclic) bond motifs is 5. The number of hydrogen-bond acceptors (Lipinski definition) is 2. The van der Waals surface area contributed by atoms with Gasteiger partial charge in [-0.2, -0.15) is 0 Å². The van der Waals surface area contributed by atoms with Crippen molar-refractivity contribution < 1.29 is 9.90 Å². The molecule has 0 heterocycles. The fourth-order valence-electron chi connectivity index (χ4n) is 9.11. The fraction of sp³-hybridized carbons (Fsp3) is 0.559. The summed E-state index contributed by atoms with van der Waals surface area (Å²) in [5, 5.41) is 10.3. The maximum atomic E-state index is 13.6. The van der Waals surface area contributed by atoms with Crippen LogP contribution >= 0.6 is 0 Å². The molecule has 0 aromatic heterocycles. The molecule has 0 aliphatic heterocycles. The highest BCUT2D eigenvalue weighted by atomic mass is 16.3. The summed E-state index contributed by atoms with van der Waals surface area (Å²) in [5.74, 6) is 2.87. The summed E-state index contributed by atoms with van der Waals surface area (Å²) in [6.45, 7) is 4.95. The Labute approximate surface area is 217 Å². The zero-order chi connectivity index (χ0) is 24.9. The molecule has 36 heavy (non-hydrogen) atoms. The number of rotatable bonds is 5. The van der Waals surface area contributed by atoms with Crippen molar-refractivity contribution >= 4 is 5.78 Å². The first kappa shape index (κ1) is 24.2. The third-order valence-corrected chi connectivity index (χ3v) is 11.2. The van der Waals surface area contributed by atoms with E-state index in [0.717, 1.165) is 50.4 Å². The van der Waals surface area contributed by atoms with Crippen molar-refractivity contribution in [3.63, 3.8) is 0 Å². The van der Waals surface area contributed by atoms with Gasteiger partial charge in [0.1, 0.15) is 5.78 Å². The van der Waals surface area contributed by atoms with Crippen molar-refractivity contribution in [2.45, 2.75) is 84.2 Å². The molecule has 4 aliphatic rings. The van der Waals surface area contributed by atoms with E-state index in [1.807, 2.05) is 6.07 Å². The molecule has 2 aromatic carbocycles. The lowest BCUT2D eigenvalue weighted by atomic mass is 9.47. The molecule has 1 N–H and O–H groups in total. The quantitative estimate of drug-likeness (QED) is 0.442. The Balaban J connectivity index is 1.12. The van der Waals surface area contributed by atoms with Crippen LogP contribution in [0.5, 0.6) is 0 Å². The maximum Gasteiger partial charge on any atom is 0.136 e. The lowest BCUT2D eigenvalue weighted by Crippen LogP contribution is -2.51. The number of aliphatic hydroxyl groups excluding tert-OH is 1. The van der Waals surface area contributed by atoms with Crippen LogP contribution in [0.1, 0.15) is 77.2 Å². The first-order chi connectivity index (χ1) is 17.4. The van der Waals surface area contributed by atoms with Gasteiger partial charge >= 0.3 is 0 Å². The van der Waals surface area contributed by atoms with Crippen LogP contribution in [-0.2, 0) is 11.2 Å². The number of allylic oxidation sites excluding steroid dienone is 1. The van der Waals surface area contributed by atoms with Crippen molar-refractivity contribution in [1.82, 2.24) is 0 Å². The lowest BCUT2D eigenvalue weighted by Gasteiger charge is -2.58. The third kappa shape index (κ3) is 4.01. The van der Waals surface area contributed by atoms with Crippen molar-refractivity contribution in [3.8, 4) is 11.1 Å². The van der Waals surface area contributed by atoms with Gasteiger partial charge in [0.2, 0.25) is 0 Å². The van der Waals surface area contributed by atoms with Gasteiger partial charge < -0.3 is 5.11 Å². The van der Waals surface area contributed by atoms with Crippen LogP contribution in [0.4, 0.5) is 0 Å². The summed E-state index contributed by atoms with van der Waals surface area (Å²) in [7, 11) is 0. The highest BCUT2D eigenvalue weighted by Gasteiger charge is 2.59. The van der Waals surface area contributed by atoms with Crippen LogP contribution in [0.25, 0.3) is 11.1 Å². The average molecular weight is 483 g/mol. The maximum absolute atomic E-state index is 13.6. The summed E-state index contributed by atoms with van der Waals surface area (Å²) >= 11 is 0. The van der Waals surface area contributed by atoms with Crippen LogP contribution < -0.4 is 0 Å². The number of aliphatic hydroxyl groups is 1. The Morgan fingerprint density at radius 1 is 0.889 bits per heavy atom. The molecule has 7 atom stereocenters. The van der Waals surface area contributed by atoms with Crippen molar-refractivity contribution in [2.24, 2.45) is 34.5 Å². The molecule has 190 valence electrons. The Hall–Kier alpha value is -2.19. The number of Topliss-reactive ketones (excluding diaryl/α,β-unsaturated/α-hetero) is 1. The average Bonchev–Trinajstić information content (AvgIpc) is 3.26. The minimum atomic E-state index is -0.141. The zero-order valence-electron chi connectivity index (χ0n) is 22.1. The molecule has 3 saturated carbocycles. The monoisotopic (exact) mass is 482 g/mol. The zero-order valence-corrected chi connectivity index (χ0v) is 22.1. The third-order valence-electron chi connectivity index (χ3n) is 11.2. The molecule has 2 heteroatoms. The van der Waals surface area contributed by atoms with E-state index in [2.05, 4.69) is 68.5 Å². The van der Waals surface area contributed by atoms with Crippen LogP contribution in [0.2, 0.25) is 0 Å². The van der Waals surface area contributed by atoms with Crippen molar-refractivity contribution in [3.05, 3.63) is 71.8 Å². The molecule has 0 spiro atoms. The van der Waals surface area contributed by atoms with E-state index in [-0.39, 0.29) is 22.9 Å². The molecule has 2 aromatic rings. The standard InChI is InChI=1S/C34H42O2/c1-33-20-18-27(35)22-26(33)13-14-28-29-15-16-31(34(29,2)21-19-30(28)33)32(36)17-10-23-8-11-25(12-9-23)24-6-4-3-5-7-24/h3-9,11-13,27-31,35H,10,14-22H2,1-2H3/t27-,28-,29-,30-,31+,33-,34-/m0/s1. The molecule has 0 bridgehead atoms. The van der Waals surface area contributed by atoms with Gasteiger partial charge in [-0.05, 0) is 103 Å². The van der Waals surface area contributed by atoms with Gasteiger partial charge in [-0.15, -0.1) is 0 Å². The topological polar surface area (TPSA) is 37.3 Å². The SMILES string of the molecule is C[C@]12CC[C@H]3[C@@H](CC=C4C[C@@H](O)CC[C@@]43C)[C@@H]1CC[C@@H]2C(=O)CCc1ccc(-c2ccccc2)cc1. The normalized spacial score (nSPS) is 37.4. The highest BCUT2D eigenvalue weighted by Crippen LogP contribution is 2.66. The number of carbonyl (C=O) groups excluding carboxylic acids is 1. The Bertz CT molecular complexity index is 1130. The number of hydrogen-bond donors (Lipinski definition) is 1. The molecule has 0 saturated heterocycles. The molecule has 2 nitrogen and oxygen atoms in total. The second-order valence-electron chi connectivity index (χ2n) is 12.9. The largest absolute Gasteiger partial charge is 0.393 e. The smallest absolute Gasteiger partial charge is 0.136 e. The molecular weight excluding hydrogens is 440 g/mol. The Morgan fingerprint density at radius 3 is 2.42 bits per heavy atom. The predicted molar refractivity (Wildman–Crippen MR) is 146 cm³/mol. The van der Waals surface area contributed by atoms with Gasteiger partial charge in [0.15, 0.2) is 0 Å². The van der Waals surface area contributed by atoms with Crippen LogP contribution in [0.3, 0.4) is 0 Å². The van der Waals surface area contributed by atoms with E-state index in [0.29, 0.717) is 18.1 Å². The summed E-state index contributed by atoms with van der Waals surface area (Å²) in [5.41, 5.74) is 5.73. The van der Waals surface area contributed by atoms with Crippen molar-refractivity contribution in [2.75, 3.05) is 0 Å². The molecule has 0 unspecified atom stereocenters. The van der Waals surface area contributed by atoms with Crippen LogP contribution in [0.15, 0.2) is 66.2 Å². The summed E-state index contributed by atoms with van der Waals surface area (Å²) in [4.78, 5) is 13.6. The minimum absolute atomic E-state index is 0.141. The van der Waals surface area contributed by atoms with Gasteiger partial charge in [-0.3, -0.25) is 4.79 Å². The van der Waals surface area contributed by atoms with Crippen LogP contribution in [0, 0.1) is 34.5 Å². The number of carbonyl (C=O) groups is 1.